The van der Waals surface area contributed by atoms with Gasteiger partial charge in [-0.1, -0.05) is 107 Å². The Morgan fingerprint density at radius 3 is 1.84 bits per heavy atom. The lowest BCUT2D eigenvalue weighted by Crippen LogP contribution is -2.14. The average molecular weight is 439 g/mol. The third-order valence-corrected chi connectivity index (χ3v) is 5.55. The number of carbonyl (C=O) groups excluding carboxylic acids is 2. The number of unbranched alkanes of at least 4 members (excludes halogenated alkanes) is 9. The third kappa shape index (κ3) is 9.67. The van der Waals surface area contributed by atoms with Crippen molar-refractivity contribution >= 4 is 11.9 Å². The smallest absolute Gasteiger partial charge is 0.339 e. The third-order valence-electron chi connectivity index (χ3n) is 5.55. The van der Waals surface area contributed by atoms with Crippen LogP contribution in [0, 0.1) is 6.92 Å². The molecule has 0 aliphatic heterocycles. The molecule has 0 radical (unpaired) electrons. The zero-order valence-electron chi connectivity index (χ0n) is 19.7. The number of rotatable bonds is 15. The fourth-order valence-corrected chi connectivity index (χ4v) is 3.70. The Labute approximate surface area is 193 Å². The molecule has 0 aliphatic rings. The Bertz CT molecular complexity index is 828. The van der Waals surface area contributed by atoms with Crippen LogP contribution in [-0.4, -0.2) is 18.5 Å². The van der Waals surface area contributed by atoms with Gasteiger partial charge in [0.2, 0.25) is 0 Å². The average Bonchev–Trinajstić information content (AvgIpc) is 2.81. The van der Waals surface area contributed by atoms with E-state index in [1.807, 2.05) is 31.2 Å². The van der Waals surface area contributed by atoms with E-state index in [4.69, 9.17) is 9.47 Å². The SMILES string of the molecule is CCCCCCCCCCCCOC(=O)c1ccccc1C(=O)OCc1cccc(C)c1. The van der Waals surface area contributed by atoms with Crippen molar-refractivity contribution in [3.63, 3.8) is 0 Å². The van der Waals surface area contributed by atoms with Crippen molar-refractivity contribution in [1.82, 2.24) is 0 Å². The first-order valence-corrected chi connectivity index (χ1v) is 12.1. The second-order valence-electron chi connectivity index (χ2n) is 8.43. The number of hydrogen-bond acceptors (Lipinski definition) is 4. The van der Waals surface area contributed by atoms with Crippen molar-refractivity contribution in [2.45, 2.75) is 84.7 Å². The molecule has 0 saturated carbocycles. The fraction of sp³-hybridized carbons (Fsp3) is 0.500. The van der Waals surface area contributed by atoms with Crippen molar-refractivity contribution < 1.29 is 19.1 Å². The summed E-state index contributed by atoms with van der Waals surface area (Å²) >= 11 is 0. The Hall–Kier alpha value is -2.62. The van der Waals surface area contributed by atoms with Gasteiger partial charge in [-0.15, -0.1) is 0 Å². The maximum Gasteiger partial charge on any atom is 0.339 e. The van der Waals surface area contributed by atoms with E-state index < -0.39 is 11.9 Å². The lowest BCUT2D eigenvalue weighted by molar-refractivity contribution is 0.0436. The molecule has 4 nitrogen and oxygen atoms in total. The van der Waals surface area contributed by atoms with Crippen molar-refractivity contribution in [1.29, 1.82) is 0 Å². The second kappa shape index (κ2) is 15.2. The van der Waals surface area contributed by atoms with Crippen molar-refractivity contribution in [2.75, 3.05) is 6.61 Å². The number of aryl methyl sites for hydroxylation is 1. The van der Waals surface area contributed by atoms with E-state index in [0.717, 1.165) is 24.0 Å². The van der Waals surface area contributed by atoms with Gasteiger partial charge in [-0.2, -0.15) is 0 Å². The van der Waals surface area contributed by atoms with E-state index in [1.54, 1.807) is 24.3 Å². The van der Waals surface area contributed by atoms with E-state index in [0.29, 0.717) is 6.61 Å². The van der Waals surface area contributed by atoms with E-state index in [-0.39, 0.29) is 17.7 Å². The summed E-state index contributed by atoms with van der Waals surface area (Å²) in [7, 11) is 0. The lowest BCUT2D eigenvalue weighted by atomic mass is 10.1. The molecule has 0 unspecified atom stereocenters. The summed E-state index contributed by atoms with van der Waals surface area (Å²) in [6.45, 7) is 4.78. The molecule has 0 bridgehead atoms. The standard InChI is InChI=1S/C28H38O4/c1-3-4-5-6-7-8-9-10-11-14-20-31-27(29)25-18-12-13-19-26(25)28(30)32-22-24-17-15-16-23(2)21-24/h12-13,15-19,21H,3-11,14,20,22H2,1-2H3. The molecule has 0 fully saturated rings. The molecular weight excluding hydrogens is 400 g/mol. The molecule has 2 rings (SSSR count). The van der Waals surface area contributed by atoms with Crippen molar-refractivity contribution in [3.05, 3.63) is 70.8 Å². The second-order valence-corrected chi connectivity index (χ2v) is 8.43. The minimum atomic E-state index is -0.516. The van der Waals surface area contributed by atoms with Gasteiger partial charge in [0.1, 0.15) is 6.61 Å². The molecular formula is C28H38O4. The first-order chi connectivity index (χ1) is 15.6. The summed E-state index contributed by atoms with van der Waals surface area (Å²) in [6.07, 6.45) is 12.3. The Morgan fingerprint density at radius 2 is 1.25 bits per heavy atom. The van der Waals surface area contributed by atoms with Crippen LogP contribution >= 0.6 is 0 Å². The van der Waals surface area contributed by atoms with Crippen LogP contribution in [0.25, 0.3) is 0 Å². The lowest BCUT2D eigenvalue weighted by Gasteiger charge is -2.10. The highest BCUT2D eigenvalue weighted by molar-refractivity contribution is 6.03. The van der Waals surface area contributed by atoms with Gasteiger partial charge < -0.3 is 9.47 Å². The topological polar surface area (TPSA) is 52.6 Å². The molecule has 174 valence electrons. The van der Waals surface area contributed by atoms with Gasteiger partial charge in [0, 0.05) is 0 Å². The first kappa shape index (κ1) is 25.6. The van der Waals surface area contributed by atoms with Crippen LogP contribution < -0.4 is 0 Å². The van der Waals surface area contributed by atoms with Crippen LogP contribution in [0.3, 0.4) is 0 Å². The minimum Gasteiger partial charge on any atom is -0.462 e. The van der Waals surface area contributed by atoms with Crippen LogP contribution in [0.1, 0.15) is 103 Å². The maximum absolute atomic E-state index is 12.6. The molecule has 0 aromatic heterocycles. The van der Waals surface area contributed by atoms with Crippen LogP contribution in [0.15, 0.2) is 48.5 Å². The summed E-state index contributed by atoms with van der Waals surface area (Å²) in [4.78, 5) is 25.1. The van der Waals surface area contributed by atoms with Crippen LogP contribution in [0.2, 0.25) is 0 Å². The fourth-order valence-electron chi connectivity index (χ4n) is 3.70. The molecule has 0 spiro atoms. The molecule has 0 heterocycles. The summed E-state index contributed by atoms with van der Waals surface area (Å²) in [6, 6.07) is 14.5. The van der Waals surface area contributed by atoms with Gasteiger partial charge in [-0.05, 0) is 31.0 Å². The van der Waals surface area contributed by atoms with Crippen LogP contribution in [0.4, 0.5) is 0 Å². The van der Waals surface area contributed by atoms with E-state index in [1.165, 1.54) is 51.4 Å². The molecule has 4 heteroatoms. The highest BCUT2D eigenvalue weighted by Gasteiger charge is 2.19. The van der Waals surface area contributed by atoms with Gasteiger partial charge >= 0.3 is 11.9 Å². The van der Waals surface area contributed by atoms with Gasteiger partial charge in [-0.3, -0.25) is 0 Å². The summed E-state index contributed by atoms with van der Waals surface area (Å²) in [5.74, 6) is -0.984. The van der Waals surface area contributed by atoms with Crippen LogP contribution in [-0.2, 0) is 16.1 Å². The molecule has 0 atom stereocenters. The summed E-state index contributed by atoms with van der Waals surface area (Å²) < 4.78 is 10.8. The molecule has 2 aromatic rings. The molecule has 0 aliphatic carbocycles. The van der Waals surface area contributed by atoms with Crippen LogP contribution in [0.5, 0.6) is 0 Å². The summed E-state index contributed by atoms with van der Waals surface area (Å²) in [5, 5.41) is 0. The Kier molecular flexibility index (Phi) is 12.2. The van der Waals surface area contributed by atoms with Gasteiger partial charge in [-0.25, -0.2) is 9.59 Å². The van der Waals surface area contributed by atoms with E-state index in [2.05, 4.69) is 6.92 Å². The number of ether oxygens (including phenoxy) is 2. The number of carbonyl (C=O) groups is 2. The monoisotopic (exact) mass is 438 g/mol. The van der Waals surface area contributed by atoms with Crippen molar-refractivity contribution in [3.8, 4) is 0 Å². The zero-order valence-corrected chi connectivity index (χ0v) is 19.7. The molecule has 0 saturated heterocycles. The van der Waals surface area contributed by atoms with Gasteiger partial charge in [0.05, 0.1) is 17.7 Å². The predicted molar refractivity (Wildman–Crippen MR) is 129 cm³/mol. The number of benzene rings is 2. The first-order valence-electron chi connectivity index (χ1n) is 12.1. The zero-order chi connectivity index (χ0) is 23.0. The number of esters is 2. The maximum atomic E-state index is 12.6. The molecule has 2 aromatic carbocycles. The Morgan fingerprint density at radius 1 is 0.688 bits per heavy atom. The Balaban J connectivity index is 1.69. The quantitative estimate of drug-likeness (QED) is 0.214. The van der Waals surface area contributed by atoms with E-state index >= 15 is 0 Å². The highest BCUT2D eigenvalue weighted by Crippen LogP contribution is 2.15. The molecule has 0 N–H and O–H groups in total. The minimum absolute atomic E-state index is 0.169. The van der Waals surface area contributed by atoms with Gasteiger partial charge in [0.15, 0.2) is 0 Å². The largest absolute Gasteiger partial charge is 0.462 e. The molecule has 32 heavy (non-hydrogen) atoms. The van der Waals surface area contributed by atoms with E-state index in [9.17, 15) is 9.59 Å². The highest BCUT2D eigenvalue weighted by atomic mass is 16.5. The molecule has 0 amide bonds. The predicted octanol–water partition coefficient (Wildman–Crippen LogP) is 7.43. The number of hydrogen-bond donors (Lipinski definition) is 0. The van der Waals surface area contributed by atoms with Gasteiger partial charge in [0.25, 0.3) is 0 Å². The normalized spacial score (nSPS) is 10.7. The van der Waals surface area contributed by atoms with Crippen molar-refractivity contribution in [2.24, 2.45) is 0 Å². The summed E-state index contributed by atoms with van der Waals surface area (Å²) in [5.41, 5.74) is 2.52.